The van der Waals surface area contributed by atoms with Crippen LogP contribution in [0.4, 0.5) is 0 Å². The van der Waals surface area contributed by atoms with Crippen LogP contribution in [0.2, 0.25) is 0 Å². The molecule has 1 saturated heterocycles. The topological polar surface area (TPSA) is 173 Å². The molecule has 41 heavy (non-hydrogen) atoms. The molecule has 1 aromatic heterocycles. The number of ketones is 1. The molecule has 0 aliphatic carbocycles. The summed E-state index contributed by atoms with van der Waals surface area (Å²) in [5.74, 6) is -1.06. The Morgan fingerprint density at radius 2 is 1.76 bits per heavy atom. The van der Waals surface area contributed by atoms with Crippen LogP contribution in [0.25, 0.3) is 11.1 Å². The highest BCUT2D eigenvalue weighted by Gasteiger charge is 2.27. The minimum atomic E-state index is -3.94. The molecule has 1 fully saturated rings. The fraction of sp³-hybridized carbons (Fsp3) is 0.448. The third-order valence-corrected chi connectivity index (χ3v) is 8.26. The number of oxazole rings is 1. The van der Waals surface area contributed by atoms with E-state index in [0.717, 1.165) is 31.5 Å². The second-order valence-electron chi connectivity index (χ2n) is 10.6. The minimum absolute atomic E-state index is 0.0597. The number of rotatable bonds is 13. The SMILES string of the molecule is CC(CCNC(=O)C1CCNCC1)CC(=O)NCCC(C(=O)c1nc2cc(S(N)(=O)=O)ccc2o1)c1ccccc1. The van der Waals surface area contributed by atoms with E-state index in [0.29, 0.717) is 25.8 Å². The van der Waals surface area contributed by atoms with Gasteiger partial charge in [-0.15, -0.1) is 0 Å². The Hall–Kier alpha value is -3.61. The number of benzene rings is 2. The number of hydrogen-bond acceptors (Lipinski definition) is 8. The maximum absolute atomic E-state index is 13.5. The summed E-state index contributed by atoms with van der Waals surface area (Å²) in [5, 5.41) is 14.4. The highest BCUT2D eigenvalue weighted by atomic mass is 32.2. The van der Waals surface area contributed by atoms with Gasteiger partial charge in [-0.25, -0.2) is 18.5 Å². The molecule has 2 aromatic carbocycles. The number of hydrogen-bond donors (Lipinski definition) is 4. The van der Waals surface area contributed by atoms with Gasteiger partial charge in [-0.05, 0) is 68.5 Å². The molecular weight excluding hydrogens is 546 g/mol. The van der Waals surface area contributed by atoms with Crippen LogP contribution in [0.3, 0.4) is 0 Å². The second kappa shape index (κ2) is 13.8. The Morgan fingerprint density at radius 3 is 2.46 bits per heavy atom. The first-order valence-electron chi connectivity index (χ1n) is 13.9. The van der Waals surface area contributed by atoms with Crippen molar-refractivity contribution in [2.45, 2.75) is 49.8 Å². The number of amides is 2. The average molecular weight is 584 g/mol. The third-order valence-electron chi connectivity index (χ3n) is 7.35. The molecule has 1 aliphatic rings. The van der Waals surface area contributed by atoms with Crippen molar-refractivity contribution in [2.75, 3.05) is 26.2 Å². The molecule has 4 rings (SSSR count). The molecule has 12 heteroatoms. The highest BCUT2D eigenvalue weighted by molar-refractivity contribution is 7.89. The van der Waals surface area contributed by atoms with Gasteiger partial charge in [0.25, 0.3) is 5.89 Å². The maximum Gasteiger partial charge on any atom is 0.264 e. The zero-order valence-corrected chi connectivity index (χ0v) is 23.9. The first-order valence-corrected chi connectivity index (χ1v) is 15.4. The molecule has 0 spiro atoms. The van der Waals surface area contributed by atoms with Gasteiger partial charge in [0.1, 0.15) is 5.52 Å². The summed E-state index contributed by atoms with van der Waals surface area (Å²) in [6.45, 7) is 4.50. The van der Waals surface area contributed by atoms with Crippen LogP contribution in [-0.2, 0) is 19.6 Å². The smallest absolute Gasteiger partial charge is 0.264 e. The zero-order valence-electron chi connectivity index (χ0n) is 23.1. The Balaban J connectivity index is 1.31. The molecular formula is C29H37N5O6S. The number of primary sulfonamides is 1. The molecule has 2 atom stereocenters. The summed E-state index contributed by atoms with van der Waals surface area (Å²) in [4.78, 5) is 42.5. The van der Waals surface area contributed by atoms with E-state index in [2.05, 4.69) is 20.9 Å². The van der Waals surface area contributed by atoms with Gasteiger partial charge in [-0.3, -0.25) is 14.4 Å². The van der Waals surface area contributed by atoms with Gasteiger partial charge in [-0.2, -0.15) is 0 Å². The predicted molar refractivity (Wildman–Crippen MR) is 154 cm³/mol. The molecule has 3 aromatic rings. The molecule has 0 radical (unpaired) electrons. The quantitative estimate of drug-likeness (QED) is 0.222. The van der Waals surface area contributed by atoms with E-state index in [1.807, 2.05) is 37.3 Å². The molecule has 2 unspecified atom stereocenters. The lowest BCUT2D eigenvalue weighted by molar-refractivity contribution is -0.125. The van der Waals surface area contributed by atoms with Crippen LogP contribution >= 0.6 is 0 Å². The van der Waals surface area contributed by atoms with Crippen molar-refractivity contribution < 1.29 is 27.2 Å². The van der Waals surface area contributed by atoms with Crippen LogP contribution in [0, 0.1) is 11.8 Å². The van der Waals surface area contributed by atoms with Crippen molar-refractivity contribution in [3.05, 3.63) is 60.0 Å². The number of nitrogens with one attached hydrogen (secondary N) is 3. The summed E-state index contributed by atoms with van der Waals surface area (Å²) >= 11 is 0. The molecule has 2 heterocycles. The normalized spacial score (nSPS) is 15.8. The van der Waals surface area contributed by atoms with Gasteiger partial charge in [-0.1, -0.05) is 37.3 Å². The van der Waals surface area contributed by atoms with E-state index in [1.54, 1.807) is 0 Å². The van der Waals surface area contributed by atoms with E-state index in [9.17, 15) is 22.8 Å². The summed E-state index contributed by atoms with van der Waals surface area (Å²) in [7, 11) is -3.94. The van der Waals surface area contributed by atoms with Crippen LogP contribution < -0.4 is 21.1 Å². The number of piperidine rings is 1. The lowest BCUT2D eigenvalue weighted by Gasteiger charge is -2.22. The average Bonchev–Trinajstić information content (AvgIpc) is 3.39. The lowest BCUT2D eigenvalue weighted by atomic mass is 9.91. The summed E-state index contributed by atoms with van der Waals surface area (Å²) in [5.41, 5.74) is 1.22. The van der Waals surface area contributed by atoms with Crippen molar-refractivity contribution in [2.24, 2.45) is 17.0 Å². The van der Waals surface area contributed by atoms with Crippen molar-refractivity contribution in [1.82, 2.24) is 20.9 Å². The van der Waals surface area contributed by atoms with Crippen molar-refractivity contribution >= 4 is 38.7 Å². The van der Waals surface area contributed by atoms with Crippen LogP contribution in [0.1, 0.15) is 61.2 Å². The minimum Gasteiger partial charge on any atom is -0.434 e. The van der Waals surface area contributed by atoms with E-state index in [1.165, 1.54) is 18.2 Å². The molecule has 0 bridgehead atoms. The zero-order chi connectivity index (χ0) is 29.4. The standard InChI is InChI=1S/C29H37N5O6S/c1-19(9-15-33-28(37)21-10-13-31-14-11-21)17-26(35)32-16-12-23(20-5-3-2-4-6-20)27(36)29-34-24-18-22(41(30,38)39)7-8-25(24)40-29/h2-8,18-19,21,23,31H,9-17H2,1H3,(H,32,35)(H,33,37)(H2,30,38,39). The summed E-state index contributed by atoms with van der Waals surface area (Å²) in [6, 6.07) is 13.1. The van der Waals surface area contributed by atoms with Gasteiger partial charge in [0.15, 0.2) is 5.58 Å². The molecule has 0 saturated carbocycles. The number of carbonyl (C=O) groups is 3. The van der Waals surface area contributed by atoms with Crippen LogP contribution in [-0.4, -0.2) is 57.2 Å². The first kappa shape index (κ1) is 30.4. The van der Waals surface area contributed by atoms with E-state index in [4.69, 9.17) is 9.56 Å². The second-order valence-corrected chi connectivity index (χ2v) is 12.1. The monoisotopic (exact) mass is 583 g/mol. The first-order chi connectivity index (χ1) is 19.6. The number of aromatic nitrogens is 1. The van der Waals surface area contributed by atoms with Crippen LogP contribution in [0.15, 0.2) is 57.8 Å². The molecule has 11 nitrogen and oxygen atoms in total. The summed E-state index contributed by atoms with van der Waals surface area (Å²) in [6.07, 6.45) is 3.02. The van der Waals surface area contributed by atoms with Crippen molar-refractivity contribution in [3.63, 3.8) is 0 Å². The number of fused-ring (bicyclic) bond motifs is 1. The van der Waals surface area contributed by atoms with Crippen molar-refractivity contribution in [1.29, 1.82) is 0 Å². The lowest BCUT2D eigenvalue weighted by Crippen LogP contribution is -2.38. The summed E-state index contributed by atoms with van der Waals surface area (Å²) < 4.78 is 29.0. The van der Waals surface area contributed by atoms with E-state index in [-0.39, 0.29) is 57.9 Å². The molecule has 220 valence electrons. The number of nitrogens with zero attached hydrogens (tertiary/aromatic N) is 1. The maximum atomic E-state index is 13.5. The van der Waals surface area contributed by atoms with Gasteiger partial charge < -0.3 is 20.4 Å². The van der Waals surface area contributed by atoms with E-state index >= 15 is 0 Å². The van der Waals surface area contributed by atoms with Gasteiger partial charge >= 0.3 is 0 Å². The fourth-order valence-electron chi connectivity index (χ4n) is 4.99. The Kier molecular flexibility index (Phi) is 10.2. The number of carbonyl (C=O) groups excluding carboxylic acids is 3. The van der Waals surface area contributed by atoms with E-state index < -0.39 is 15.9 Å². The largest absolute Gasteiger partial charge is 0.434 e. The van der Waals surface area contributed by atoms with Crippen molar-refractivity contribution in [3.8, 4) is 0 Å². The third kappa shape index (κ3) is 8.44. The molecule has 2 amide bonds. The van der Waals surface area contributed by atoms with Crippen LogP contribution in [0.5, 0.6) is 0 Å². The predicted octanol–water partition coefficient (Wildman–Crippen LogP) is 2.48. The Morgan fingerprint density at radius 1 is 1.05 bits per heavy atom. The van der Waals surface area contributed by atoms with Gasteiger partial charge in [0, 0.05) is 25.4 Å². The fourth-order valence-corrected chi connectivity index (χ4v) is 5.52. The Labute approximate surface area is 239 Å². The molecule has 5 N–H and O–H groups in total. The van der Waals surface area contributed by atoms with Gasteiger partial charge in [0.2, 0.25) is 27.6 Å². The Bertz CT molecular complexity index is 1470. The highest BCUT2D eigenvalue weighted by Crippen LogP contribution is 2.27. The number of nitrogens with two attached hydrogens (primary N) is 1. The van der Waals surface area contributed by atoms with Gasteiger partial charge in [0.05, 0.1) is 10.8 Å². The number of Topliss-reactive ketones (excluding diaryl/α,β-unsaturated/α-hetero) is 1. The number of sulfonamides is 1. The molecule has 1 aliphatic heterocycles.